The van der Waals surface area contributed by atoms with Crippen molar-refractivity contribution in [2.24, 2.45) is 0 Å². The maximum absolute atomic E-state index is 12.2. The largest absolute Gasteiger partial charge is 0.469 e. The van der Waals surface area contributed by atoms with Crippen LogP contribution in [-0.4, -0.2) is 13.1 Å². The smallest absolute Gasteiger partial charge is 0.313 e. The van der Waals surface area contributed by atoms with E-state index in [0.29, 0.717) is 0 Å². The van der Waals surface area contributed by atoms with E-state index in [4.69, 9.17) is 4.74 Å². The van der Waals surface area contributed by atoms with Crippen molar-refractivity contribution in [3.8, 4) is 11.1 Å². The fourth-order valence-corrected chi connectivity index (χ4v) is 3.05. The average molecular weight is 330 g/mol. The number of aryl methyl sites for hydroxylation is 1. The number of hydrogen-bond acceptors (Lipinski definition) is 2. The molecule has 0 saturated carbocycles. The SMILES string of the molecule is COC(=O)C(CCc1ccc(-c2ccccc2)cc1)c1ccccc1. The Bertz CT molecular complexity index is 793. The van der Waals surface area contributed by atoms with Gasteiger partial charge >= 0.3 is 5.97 Å². The fourth-order valence-electron chi connectivity index (χ4n) is 3.05. The highest BCUT2D eigenvalue weighted by Crippen LogP contribution is 2.25. The van der Waals surface area contributed by atoms with Gasteiger partial charge in [0.05, 0.1) is 13.0 Å². The van der Waals surface area contributed by atoms with Crippen LogP contribution in [0, 0.1) is 0 Å². The molecule has 0 N–H and O–H groups in total. The van der Waals surface area contributed by atoms with Crippen LogP contribution in [0.25, 0.3) is 11.1 Å². The third-order valence-electron chi connectivity index (χ3n) is 4.47. The van der Waals surface area contributed by atoms with Gasteiger partial charge in [-0.2, -0.15) is 0 Å². The molecular weight excluding hydrogens is 308 g/mol. The maximum atomic E-state index is 12.2. The minimum absolute atomic E-state index is 0.174. The van der Waals surface area contributed by atoms with E-state index in [1.54, 1.807) is 0 Å². The van der Waals surface area contributed by atoms with E-state index in [2.05, 4.69) is 36.4 Å². The predicted octanol–water partition coefficient (Wildman–Crippen LogP) is 5.24. The lowest BCUT2D eigenvalue weighted by molar-refractivity contribution is -0.142. The van der Waals surface area contributed by atoms with E-state index in [1.807, 2.05) is 48.5 Å². The summed E-state index contributed by atoms with van der Waals surface area (Å²) in [6, 6.07) is 28.7. The van der Waals surface area contributed by atoms with Crippen LogP contribution in [0.5, 0.6) is 0 Å². The van der Waals surface area contributed by atoms with E-state index >= 15 is 0 Å². The Labute approximate surface area is 149 Å². The van der Waals surface area contributed by atoms with Crippen LogP contribution in [0.3, 0.4) is 0 Å². The second kappa shape index (κ2) is 8.29. The standard InChI is InChI=1S/C23H22O2/c1-25-23(24)22(21-10-6-3-7-11-21)17-14-18-12-15-20(16-13-18)19-8-4-2-5-9-19/h2-13,15-16,22H,14,17H2,1H3. The van der Waals surface area contributed by atoms with Gasteiger partial charge in [-0.25, -0.2) is 0 Å². The zero-order valence-electron chi connectivity index (χ0n) is 14.4. The number of carbonyl (C=O) groups is 1. The van der Waals surface area contributed by atoms with Crippen molar-refractivity contribution in [2.75, 3.05) is 7.11 Å². The van der Waals surface area contributed by atoms with Crippen molar-refractivity contribution >= 4 is 5.97 Å². The van der Waals surface area contributed by atoms with Crippen LogP contribution in [0.4, 0.5) is 0 Å². The molecule has 3 aromatic rings. The van der Waals surface area contributed by atoms with Gasteiger partial charge in [0.15, 0.2) is 0 Å². The number of esters is 1. The summed E-state index contributed by atoms with van der Waals surface area (Å²) >= 11 is 0. The summed E-state index contributed by atoms with van der Waals surface area (Å²) in [4.78, 5) is 12.2. The number of hydrogen-bond donors (Lipinski definition) is 0. The second-order valence-electron chi connectivity index (χ2n) is 6.09. The van der Waals surface area contributed by atoms with Crippen LogP contribution in [-0.2, 0) is 16.0 Å². The van der Waals surface area contributed by atoms with Gasteiger partial charge in [-0.3, -0.25) is 4.79 Å². The van der Waals surface area contributed by atoms with Crippen LogP contribution in [0.1, 0.15) is 23.5 Å². The van der Waals surface area contributed by atoms with Crippen LogP contribution < -0.4 is 0 Å². The summed E-state index contributed by atoms with van der Waals surface area (Å²) in [6.45, 7) is 0. The lowest BCUT2D eigenvalue weighted by atomic mass is 9.92. The molecule has 0 aromatic heterocycles. The summed E-state index contributed by atoms with van der Waals surface area (Å²) in [5, 5.41) is 0. The van der Waals surface area contributed by atoms with E-state index in [-0.39, 0.29) is 11.9 Å². The lowest BCUT2D eigenvalue weighted by Gasteiger charge is -2.15. The lowest BCUT2D eigenvalue weighted by Crippen LogP contribution is -2.15. The summed E-state index contributed by atoms with van der Waals surface area (Å²) in [6.07, 6.45) is 1.57. The topological polar surface area (TPSA) is 26.3 Å². The maximum Gasteiger partial charge on any atom is 0.313 e. The molecule has 25 heavy (non-hydrogen) atoms. The van der Waals surface area contributed by atoms with Gasteiger partial charge in [0.1, 0.15) is 0 Å². The Morgan fingerprint density at radius 2 is 1.36 bits per heavy atom. The Balaban J connectivity index is 1.70. The van der Waals surface area contributed by atoms with Crippen molar-refractivity contribution in [3.05, 3.63) is 96.1 Å². The van der Waals surface area contributed by atoms with E-state index < -0.39 is 0 Å². The first-order chi connectivity index (χ1) is 12.3. The summed E-state index contributed by atoms with van der Waals surface area (Å²) in [5.74, 6) is -0.396. The molecule has 1 atom stereocenters. The fraction of sp³-hybridized carbons (Fsp3) is 0.174. The van der Waals surface area contributed by atoms with Gasteiger partial charge in [-0.1, -0.05) is 84.9 Å². The molecule has 3 rings (SSSR count). The minimum Gasteiger partial charge on any atom is -0.469 e. The van der Waals surface area contributed by atoms with Gasteiger partial charge in [-0.05, 0) is 35.1 Å². The molecule has 0 aliphatic carbocycles. The summed E-state index contributed by atoms with van der Waals surface area (Å²) < 4.78 is 4.99. The van der Waals surface area contributed by atoms with Gasteiger partial charge < -0.3 is 4.74 Å². The minimum atomic E-state index is -0.222. The molecule has 126 valence electrons. The number of methoxy groups -OCH3 is 1. The Hall–Kier alpha value is -2.87. The van der Waals surface area contributed by atoms with Crippen molar-refractivity contribution in [1.29, 1.82) is 0 Å². The first kappa shape index (κ1) is 17.0. The number of carbonyl (C=O) groups excluding carboxylic acids is 1. The first-order valence-electron chi connectivity index (χ1n) is 8.55. The molecule has 0 fully saturated rings. The highest BCUT2D eigenvalue weighted by atomic mass is 16.5. The molecule has 0 radical (unpaired) electrons. The van der Waals surface area contributed by atoms with Crippen molar-refractivity contribution in [2.45, 2.75) is 18.8 Å². The highest BCUT2D eigenvalue weighted by Gasteiger charge is 2.20. The second-order valence-corrected chi connectivity index (χ2v) is 6.09. The van der Waals surface area contributed by atoms with Crippen molar-refractivity contribution in [3.63, 3.8) is 0 Å². The molecule has 0 heterocycles. The number of rotatable bonds is 6. The van der Waals surface area contributed by atoms with Crippen molar-refractivity contribution < 1.29 is 9.53 Å². The quantitative estimate of drug-likeness (QED) is 0.578. The van der Waals surface area contributed by atoms with E-state index in [9.17, 15) is 4.79 Å². The zero-order valence-corrected chi connectivity index (χ0v) is 14.4. The number of ether oxygens (including phenoxy) is 1. The molecule has 2 nitrogen and oxygen atoms in total. The molecule has 1 unspecified atom stereocenters. The van der Waals surface area contributed by atoms with Crippen LogP contribution in [0.2, 0.25) is 0 Å². The van der Waals surface area contributed by atoms with Crippen molar-refractivity contribution in [1.82, 2.24) is 0 Å². The third kappa shape index (κ3) is 4.36. The molecule has 0 amide bonds. The van der Waals surface area contributed by atoms with Gasteiger partial charge in [0, 0.05) is 0 Å². The Morgan fingerprint density at radius 3 is 1.96 bits per heavy atom. The molecule has 0 bridgehead atoms. The monoisotopic (exact) mass is 330 g/mol. The highest BCUT2D eigenvalue weighted by molar-refractivity contribution is 5.78. The molecule has 0 aliphatic rings. The summed E-state index contributed by atoms with van der Waals surface area (Å²) in [7, 11) is 1.45. The molecule has 3 aromatic carbocycles. The summed E-state index contributed by atoms with van der Waals surface area (Å²) in [5.41, 5.74) is 4.66. The molecule has 0 aliphatic heterocycles. The molecule has 2 heteroatoms. The Kier molecular flexibility index (Phi) is 5.63. The first-order valence-corrected chi connectivity index (χ1v) is 8.55. The average Bonchev–Trinajstić information content (AvgIpc) is 2.70. The van der Waals surface area contributed by atoms with E-state index in [0.717, 1.165) is 18.4 Å². The molecular formula is C23H22O2. The van der Waals surface area contributed by atoms with E-state index in [1.165, 1.54) is 23.8 Å². The van der Waals surface area contributed by atoms with Gasteiger partial charge in [0.25, 0.3) is 0 Å². The Morgan fingerprint density at radius 1 is 0.800 bits per heavy atom. The molecule has 0 spiro atoms. The van der Waals surface area contributed by atoms with Crippen LogP contribution >= 0.6 is 0 Å². The van der Waals surface area contributed by atoms with Gasteiger partial charge in [0.2, 0.25) is 0 Å². The zero-order chi connectivity index (χ0) is 17.5. The van der Waals surface area contributed by atoms with Crippen LogP contribution in [0.15, 0.2) is 84.9 Å². The predicted molar refractivity (Wildman–Crippen MR) is 101 cm³/mol. The number of benzene rings is 3. The third-order valence-corrected chi connectivity index (χ3v) is 4.47. The van der Waals surface area contributed by atoms with Gasteiger partial charge in [-0.15, -0.1) is 0 Å². The molecule has 0 saturated heterocycles. The normalized spacial score (nSPS) is 11.7.